The minimum Gasteiger partial charge on any atom is -0.399 e. The van der Waals surface area contributed by atoms with Crippen molar-refractivity contribution in [1.82, 2.24) is 0 Å². The van der Waals surface area contributed by atoms with Crippen molar-refractivity contribution in [2.24, 2.45) is 0 Å². The van der Waals surface area contributed by atoms with Crippen molar-refractivity contribution in [2.75, 3.05) is 11.1 Å². The van der Waals surface area contributed by atoms with E-state index >= 15 is 0 Å². The first-order chi connectivity index (χ1) is 7.79. The number of hydrogen-bond acceptors (Lipinski definition) is 3. The maximum Gasteiger partial charge on any atom is 0.0496 e. The molecule has 1 heterocycles. The Kier molecular flexibility index (Phi) is 3.47. The van der Waals surface area contributed by atoms with E-state index in [0.717, 1.165) is 24.3 Å². The molecular formula is C13H16N2S. The van der Waals surface area contributed by atoms with Crippen LogP contribution in [0.3, 0.4) is 0 Å². The summed E-state index contributed by atoms with van der Waals surface area (Å²) in [6.45, 7) is 3.08. The van der Waals surface area contributed by atoms with Crippen LogP contribution in [0.5, 0.6) is 0 Å². The first-order valence-electron chi connectivity index (χ1n) is 5.44. The quantitative estimate of drug-likeness (QED) is 0.792. The summed E-state index contributed by atoms with van der Waals surface area (Å²) in [7, 11) is 0. The van der Waals surface area contributed by atoms with Crippen LogP contribution >= 0.6 is 11.3 Å². The molecule has 2 aromatic rings. The van der Waals surface area contributed by atoms with Gasteiger partial charge in [-0.1, -0.05) is 6.92 Å². The molecule has 0 aliphatic heterocycles. The Labute approximate surface area is 100 Å². The molecule has 0 amide bonds. The van der Waals surface area contributed by atoms with Crippen LogP contribution in [0, 0.1) is 0 Å². The van der Waals surface area contributed by atoms with Crippen LogP contribution in [0.2, 0.25) is 0 Å². The fourth-order valence-corrected chi connectivity index (χ4v) is 2.54. The second-order valence-corrected chi connectivity index (χ2v) is 4.70. The molecule has 0 atom stereocenters. The van der Waals surface area contributed by atoms with Gasteiger partial charge in [0.25, 0.3) is 0 Å². The Bertz CT molecular complexity index is 445. The van der Waals surface area contributed by atoms with Crippen molar-refractivity contribution in [2.45, 2.75) is 19.9 Å². The van der Waals surface area contributed by atoms with E-state index in [1.54, 1.807) is 0 Å². The second kappa shape index (κ2) is 5.03. The Morgan fingerprint density at radius 2 is 1.94 bits per heavy atom. The first kappa shape index (κ1) is 11.0. The maximum atomic E-state index is 5.64. The van der Waals surface area contributed by atoms with Crippen molar-refractivity contribution in [3.05, 3.63) is 46.2 Å². The number of nitrogen functional groups attached to an aromatic ring is 1. The van der Waals surface area contributed by atoms with Gasteiger partial charge in [0.2, 0.25) is 0 Å². The van der Waals surface area contributed by atoms with Gasteiger partial charge in [-0.05, 0) is 47.7 Å². The molecule has 1 aromatic carbocycles. The van der Waals surface area contributed by atoms with E-state index in [2.05, 4.69) is 23.7 Å². The standard InChI is InChI=1S/C13H16N2S/c1-2-10-7-8-16-13(10)9-15-12-5-3-11(14)4-6-12/h3-8,15H,2,9,14H2,1H3. The van der Waals surface area contributed by atoms with Crippen LogP contribution in [0.1, 0.15) is 17.4 Å². The highest BCUT2D eigenvalue weighted by Crippen LogP contribution is 2.19. The van der Waals surface area contributed by atoms with E-state index in [1.807, 2.05) is 35.6 Å². The van der Waals surface area contributed by atoms with Crippen molar-refractivity contribution in [3.8, 4) is 0 Å². The predicted molar refractivity (Wildman–Crippen MR) is 71.9 cm³/mol. The summed E-state index contributed by atoms with van der Waals surface area (Å²) in [6.07, 6.45) is 1.10. The predicted octanol–water partition coefficient (Wildman–Crippen LogP) is 3.50. The van der Waals surface area contributed by atoms with Crippen LogP contribution < -0.4 is 11.1 Å². The number of thiophene rings is 1. The van der Waals surface area contributed by atoms with Gasteiger partial charge in [0.1, 0.15) is 0 Å². The zero-order chi connectivity index (χ0) is 11.4. The number of hydrogen-bond donors (Lipinski definition) is 2. The summed E-state index contributed by atoms with van der Waals surface area (Å²) < 4.78 is 0. The van der Waals surface area contributed by atoms with Gasteiger partial charge in [-0.25, -0.2) is 0 Å². The van der Waals surface area contributed by atoms with E-state index < -0.39 is 0 Å². The van der Waals surface area contributed by atoms with Crippen LogP contribution in [0.4, 0.5) is 11.4 Å². The Morgan fingerprint density at radius 3 is 2.62 bits per heavy atom. The molecular weight excluding hydrogens is 216 g/mol. The van der Waals surface area contributed by atoms with Crippen molar-refractivity contribution in [3.63, 3.8) is 0 Å². The Morgan fingerprint density at radius 1 is 1.19 bits per heavy atom. The van der Waals surface area contributed by atoms with Gasteiger partial charge in [0.05, 0.1) is 0 Å². The number of nitrogens with two attached hydrogens (primary N) is 1. The molecule has 0 unspecified atom stereocenters. The zero-order valence-corrected chi connectivity index (χ0v) is 10.2. The average Bonchev–Trinajstić information content (AvgIpc) is 2.76. The molecule has 0 fully saturated rings. The zero-order valence-electron chi connectivity index (χ0n) is 9.36. The third-order valence-electron chi connectivity index (χ3n) is 2.58. The smallest absolute Gasteiger partial charge is 0.0496 e. The lowest BCUT2D eigenvalue weighted by Gasteiger charge is -2.06. The second-order valence-electron chi connectivity index (χ2n) is 3.70. The van der Waals surface area contributed by atoms with Crippen molar-refractivity contribution in [1.29, 1.82) is 0 Å². The summed E-state index contributed by atoms with van der Waals surface area (Å²) in [5, 5.41) is 5.56. The monoisotopic (exact) mass is 232 g/mol. The minimum absolute atomic E-state index is 0.802. The summed E-state index contributed by atoms with van der Waals surface area (Å²) in [5.74, 6) is 0. The van der Waals surface area contributed by atoms with Crippen LogP contribution in [0.15, 0.2) is 35.7 Å². The summed E-state index contributed by atoms with van der Waals surface area (Å²) in [4.78, 5) is 1.42. The summed E-state index contributed by atoms with van der Waals surface area (Å²) >= 11 is 1.81. The summed E-state index contributed by atoms with van der Waals surface area (Å²) in [6, 6.07) is 10.0. The normalized spacial score (nSPS) is 10.3. The number of benzene rings is 1. The van der Waals surface area contributed by atoms with Gasteiger partial charge in [-0.3, -0.25) is 0 Å². The SMILES string of the molecule is CCc1ccsc1CNc1ccc(N)cc1. The van der Waals surface area contributed by atoms with Gasteiger partial charge in [-0.2, -0.15) is 0 Å². The van der Waals surface area contributed by atoms with Gasteiger partial charge in [-0.15, -0.1) is 11.3 Å². The lowest BCUT2D eigenvalue weighted by molar-refractivity contribution is 1.08. The molecule has 0 spiro atoms. The molecule has 0 saturated heterocycles. The average molecular weight is 232 g/mol. The van der Waals surface area contributed by atoms with Gasteiger partial charge < -0.3 is 11.1 Å². The fraction of sp³-hybridized carbons (Fsp3) is 0.231. The molecule has 0 saturated carbocycles. The highest BCUT2D eigenvalue weighted by atomic mass is 32.1. The largest absolute Gasteiger partial charge is 0.399 e. The summed E-state index contributed by atoms with van der Waals surface area (Å²) in [5.41, 5.74) is 8.99. The van der Waals surface area contributed by atoms with Crippen LogP contribution in [-0.4, -0.2) is 0 Å². The highest BCUT2D eigenvalue weighted by Gasteiger charge is 2.01. The maximum absolute atomic E-state index is 5.64. The molecule has 1 aromatic heterocycles. The number of aryl methyl sites for hydroxylation is 1. The molecule has 0 aliphatic rings. The molecule has 0 aliphatic carbocycles. The lowest BCUT2D eigenvalue weighted by atomic mass is 10.2. The molecule has 3 N–H and O–H groups in total. The van der Waals surface area contributed by atoms with Crippen LogP contribution in [0.25, 0.3) is 0 Å². The third-order valence-corrected chi connectivity index (χ3v) is 3.55. The molecule has 3 heteroatoms. The van der Waals surface area contributed by atoms with E-state index in [0.29, 0.717) is 0 Å². The van der Waals surface area contributed by atoms with E-state index in [4.69, 9.17) is 5.73 Å². The fourth-order valence-electron chi connectivity index (χ4n) is 1.62. The molecule has 16 heavy (non-hydrogen) atoms. The van der Waals surface area contributed by atoms with Crippen molar-refractivity contribution < 1.29 is 0 Å². The number of nitrogens with one attached hydrogen (secondary N) is 1. The van der Waals surface area contributed by atoms with E-state index in [9.17, 15) is 0 Å². The topological polar surface area (TPSA) is 38.0 Å². The number of anilines is 2. The minimum atomic E-state index is 0.802. The molecule has 0 radical (unpaired) electrons. The third kappa shape index (κ3) is 2.55. The molecule has 84 valence electrons. The Hall–Kier alpha value is -1.48. The molecule has 2 rings (SSSR count). The lowest BCUT2D eigenvalue weighted by Crippen LogP contribution is -1.99. The van der Waals surface area contributed by atoms with E-state index in [1.165, 1.54) is 10.4 Å². The highest BCUT2D eigenvalue weighted by molar-refractivity contribution is 7.10. The van der Waals surface area contributed by atoms with Gasteiger partial charge in [0, 0.05) is 22.8 Å². The number of rotatable bonds is 4. The van der Waals surface area contributed by atoms with E-state index in [-0.39, 0.29) is 0 Å². The Balaban J connectivity index is 1.99. The molecule has 0 bridgehead atoms. The van der Waals surface area contributed by atoms with Crippen LogP contribution in [-0.2, 0) is 13.0 Å². The van der Waals surface area contributed by atoms with Gasteiger partial charge >= 0.3 is 0 Å². The first-order valence-corrected chi connectivity index (χ1v) is 6.32. The molecule has 2 nitrogen and oxygen atoms in total. The van der Waals surface area contributed by atoms with Gasteiger partial charge in [0.15, 0.2) is 0 Å². The van der Waals surface area contributed by atoms with Crippen molar-refractivity contribution >= 4 is 22.7 Å².